The third kappa shape index (κ3) is 1.94. The van der Waals surface area contributed by atoms with Crippen molar-refractivity contribution in [2.24, 2.45) is 5.84 Å². The number of hydrogen-bond acceptors (Lipinski definition) is 3. The highest BCUT2D eigenvalue weighted by atomic mass is 15.4. The normalized spacial score (nSPS) is 24.6. The van der Waals surface area contributed by atoms with E-state index in [0.29, 0.717) is 6.17 Å². The molecule has 3 heteroatoms. The maximum atomic E-state index is 5.31. The lowest BCUT2D eigenvalue weighted by Gasteiger charge is -2.31. The van der Waals surface area contributed by atoms with E-state index in [1.807, 2.05) is 0 Å². The van der Waals surface area contributed by atoms with Crippen molar-refractivity contribution in [3.05, 3.63) is 0 Å². The molecule has 0 aliphatic carbocycles. The predicted octanol–water partition coefficient (Wildman–Crippen LogP) is 0.282. The van der Waals surface area contributed by atoms with Gasteiger partial charge < -0.3 is 0 Å². The van der Waals surface area contributed by atoms with Gasteiger partial charge >= 0.3 is 0 Å². The molecule has 0 radical (unpaired) electrons. The van der Waals surface area contributed by atoms with Gasteiger partial charge in [0.2, 0.25) is 0 Å². The molecule has 10 heavy (non-hydrogen) atoms. The van der Waals surface area contributed by atoms with Gasteiger partial charge in [-0.15, -0.1) is 0 Å². The predicted molar refractivity (Wildman–Crippen MR) is 42.2 cm³/mol. The van der Waals surface area contributed by atoms with Crippen LogP contribution in [0.3, 0.4) is 0 Å². The summed E-state index contributed by atoms with van der Waals surface area (Å²) in [5.74, 6) is 5.31. The lowest BCUT2D eigenvalue weighted by atomic mass is 10.1. The molecule has 0 aromatic rings. The lowest BCUT2D eigenvalue weighted by Crippen LogP contribution is -2.48. The van der Waals surface area contributed by atoms with Gasteiger partial charge in [0.25, 0.3) is 0 Å². The summed E-state index contributed by atoms with van der Waals surface area (Å²) in [4.78, 5) is 2.38. The van der Waals surface area contributed by atoms with Crippen LogP contribution >= 0.6 is 0 Å². The fourth-order valence-electron chi connectivity index (χ4n) is 1.41. The molecule has 1 saturated heterocycles. The van der Waals surface area contributed by atoms with E-state index in [1.165, 1.54) is 32.4 Å². The van der Waals surface area contributed by atoms with Crippen molar-refractivity contribution in [2.45, 2.75) is 32.4 Å². The van der Waals surface area contributed by atoms with Gasteiger partial charge in [-0.05, 0) is 32.9 Å². The molecular weight excluding hydrogens is 126 g/mol. The maximum absolute atomic E-state index is 5.31. The highest BCUT2D eigenvalue weighted by Gasteiger charge is 2.14. The van der Waals surface area contributed by atoms with Crippen LogP contribution in [0.5, 0.6) is 0 Å². The molecule has 0 bridgehead atoms. The van der Waals surface area contributed by atoms with Crippen LogP contribution in [0.15, 0.2) is 0 Å². The maximum Gasteiger partial charge on any atom is 0.0697 e. The zero-order valence-electron chi connectivity index (χ0n) is 6.64. The SMILES string of the molecule is CC(NN)N1CCCCC1. The van der Waals surface area contributed by atoms with E-state index in [-0.39, 0.29) is 0 Å². The highest BCUT2D eigenvalue weighted by Crippen LogP contribution is 2.09. The molecule has 60 valence electrons. The topological polar surface area (TPSA) is 41.3 Å². The number of nitrogens with one attached hydrogen (secondary N) is 1. The number of likely N-dealkylation sites (tertiary alicyclic amines) is 1. The minimum atomic E-state index is 0.347. The summed E-state index contributed by atoms with van der Waals surface area (Å²) < 4.78 is 0. The van der Waals surface area contributed by atoms with Crippen LogP contribution in [-0.4, -0.2) is 24.2 Å². The number of piperidine rings is 1. The highest BCUT2D eigenvalue weighted by molar-refractivity contribution is 4.67. The van der Waals surface area contributed by atoms with Gasteiger partial charge in [-0.3, -0.25) is 10.7 Å². The quantitative estimate of drug-likeness (QED) is 0.431. The lowest BCUT2D eigenvalue weighted by molar-refractivity contribution is 0.149. The summed E-state index contributed by atoms with van der Waals surface area (Å²) in [5, 5.41) is 0. The van der Waals surface area contributed by atoms with Crippen molar-refractivity contribution in [2.75, 3.05) is 13.1 Å². The summed E-state index contributed by atoms with van der Waals surface area (Å²) in [6, 6.07) is 0. The second-order valence-electron chi connectivity index (χ2n) is 2.94. The molecule has 0 aromatic heterocycles. The van der Waals surface area contributed by atoms with Gasteiger partial charge in [-0.2, -0.15) is 0 Å². The van der Waals surface area contributed by atoms with E-state index in [4.69, 9.17) is 5.84 Å². The fourth-order valence-corrected chi connectivity index (χ4v) is 1.41. The third-order valence-corrected chi connectivity index (χ3v) is 2.18. The molecule has 1 aliphatic heterocycles. The van der Waals surface area contributed by atoms with E-state index in [0.717, 1.165) is 0 Å². The van der Waals surface area contributed by atoms with Crippen molar-refractivity contribution >= 4 is 0 Å². The Hall–Kier alpha value is -0.120. The van der Waals surface area contributed by atoms with Crippen LogP contribution in [0.1, 0.15) is 26.2 Å². The van der Waals surface area contributed by atoms with Gasteiger partial charge in [0, 0.05) is 0 Å². The summed E-state index contributed by atoms with van der Waals surface area (Å²) in [6.45, 7) is 4.50. The smallest absolute Gasteiger partial charge is 0.0697 e. The zero-order valence-corrected chi connectivity index (χ0v) is 6.64. The van der Waals surface area contributed by atoms with Crippen molar-refractivity contribution in [1.29, 1.82) is 0 Å². The summed E-state index contributed by atoms with van der Waals surface area (Å²) in [7, 11) is 0. The molecule has 3 N–H and O–H groups in total. The van der Waals surface area contributed by atoms with E-state index >= 15 is 0 Å². The molecule has 1 heterocycles. The van der Waals surface area contributed by atoms with Crippen molar-refractivity contribution < 1.29 is 0 Å². The molecule has 1 fully saturated rings. The number of nitrogens with two attached hydrogens (primary N) is 1. The van der Waals surface area contributed by atoms with Gasteiger partial charge in [-0.1, -0.05) is 6.42 Å². The second-order valence-corrected chi connectivity index (χ2v) is 2.94. The van der Waals surface area contributed by atoms with Gasteiger partial charge in [-0.25, -0.2) is 5.43 Å². The average Bonchev–Trinajstić information content (AvgIpc) is 2.05. The van der Waals surface area contributed by atoms with Gasteiger partial charge in [0.15, 0.2) is 0 Å². The standard InChI is InChI=1S/C7H17N3/c1-7(9-8)10-5-3-2-4-6-10/h7,9H,2-6,8H2,1H3. The first-order valence-corrected chi connectivity index (χ1v) is 4.05. The van der Waals surface area contributed by atoms with E-state index in [1.54, 1.807) is 0 Å². The Balaban J connectivity index is 2.24. The van der Waals surface area contributed by atoms with Gasteiger partial charge in [0.05, 0.1) is 6.17 Å². The molecule has 0 amide bonds. The monoisotopic (exact) mass is 143 g/mol. The third-order valence-electron chi connectivity index (χ3n) is 2.18. The molecule has 3 nitrogen and oxygen atoms in total. The number of nitrogens with zero attached hydrogens (tertiary/aromatic N) is 1. The van der Waals surface area contributed by atoms with Gasteiger partial charge in [0.1, 0.15) is 0 Å². The first-order valence-electron chi connectivity index (χ1n) is 4.05. The Labute approximate surface area is 62.5 Å². The van der Waals surface area contributed by atoms with Crippen LogP contribution in [0.2, 0.25) is 0 Å². The minimum Gasteiger partial charge on any atom is -0.287 e. The van der Waals surface area contributed by atoms with Crippen LogP contribution < -0.4 is 11.3 Å². The minimum absolute atomic E-state index is 0.347. The van der Waals surface area contributed by atoms with Crippen molar-refractivity contribution in [3.8, 4) is 0 Å². The molecule has 0 aromatic carbocycles. The molecule has 1 unspecified atom stereocenters. The van der Waals surface area contributed by atoms with E-state index in [2.05, 4.69) is 17.2 Å². The first kappa shape index (κ1) is 7.98. The summed E-state index contributed by atoms with van der Waals surface area (Å²) in [5.41, 5.74) is 2.76. The Morgan fingerprint density at radius 1 is 1.30 bits per heavy atom. The first-order chi connectivity index (χ1) is 4.84. The van der Waals surface area contributed by atoms with Crippen molar-refractivity contribution in [3.63, 3.8) is 0 Å². The molecule has 1 atom stereocenters. The second kappa shape index (κ2) is 3.91. The Bertz CT molecular complexity index is 88.9. The van der Waals surface area contributed by atoms with Crippen LogP contribution in [0, 0.1) is 0 Å². The molecule has 0 saturated carbocycles. The number of rotatable bonds is 2. The van der Waals surface area contributed by atoms with E-state index in [9.17, 15) is 0 Å². The number of hydrazine groups is 1. The van der Waals surface area contributed by atoms with Crippen molar-refractivity contribution in [1.82, 2.24) is 10.3 Å². The molecule has 0 spiro atoms. The van der Waals surface area contributed by atoms with Crippen LogP contribution in [0.4, 0.5) is 0 Å². The number of hydrogen-bond donors (Lipinski definition) is 2. The largest absolute Gasteiger partial charge is 0.287 e. The summed E-state index contributed by atoms with van der Waals surface area (Å²) >= 11 is 0. The summed E-state index contributed by atoms with van der Waals surface area (Å²) in [6.07, 6.45) is 4.38. The molecule has 1 rings (SSSR count). The average molecular weight is 143 g/mol. The molecular formula is C7H17N3. The van der Waals surface area contributed by atoms with E-state index < -0.39 is 0 Å². The fraction of sp³-hybridized carbons (Fsp3) is 1.00. The Morgan fingerprint density at radius 3 is 2.40 bits per heavy atom. The zero-order chi connectivity index (χ0) is 7.40. The Morgan fingerprint density at radius 2 is 1.90 bits per heavy atom. The molecule has 1 aliphatic rings. The van der Waals surface area contributed by atoms with Crippen LogP contribution in [0.25, 0.3) is 0 Å². The van der Waals surface area contributed by atoms with Crippen LogP contribution in [-0.2, 0) is 0 Å². The Kier molecular flexibility index (Phi) is 3.12.